The number of rotatable bonds is 11. The molecule has 4 aromatic rings. The SMILES string of the molecule is CCCOc1ccc(-c2ccc([C@@H](Oc3cc(N4CCC5(CC4)CC(C(=O)O)NC5CC)nc(N)n3)C(F)(F)F)c(-c3ccccc3)c2)cc1. The molecule has 3 heterocycles. The van der Waals surface area contributed by atoms with Gasteiger partial charge in [0.25, 0.3) is 0 Å². The zero-order valence-corrected chi connectivity index (χ0v) is 28.1. The third-order valence-electron chi connectivity index (χ3n) is 9.87. The Hall–Kier alpha value is -4.84. The average Bonchev–Trinajstić information content (AvgIpc) is 3.47. The fourth-order valence-corrected chi connectivity index (χ4v) is 7.35. The van der Waals surface area contributed by atoms with Crippen LogP contribution in [-0.2, 0) is 4.79 Å². The summed E-state index contributed by atoms with van der Waals surface area (Å²) in [4.78, 5) is 22.1. The van der Waals surface area contributed by atoms with Crippen molar-refractivity contribution >= 4 is 17.7 Å². The van der Waals surface area contributed by atoms with Gasteiger partial charge >= 0.3 is 12.1 Å². The molecule has 9 nitrogen and oxygen atoms in total. The molecule has 0 amide bonds. The molecule has 0 bridgehead atoms. The maximum Gasteiger partial charge on any atom is 0.429 e. The quantitative estimate of drug-likeness (QED) is 0.146. The van der Waals surface area contributed by atoms with Crippen molar-refractivity contribution in [3.63, 3.8) is 0 Å². The van der Waals surface area contributed by atoms with Gasteiger partial charge in [0.1, 0.15) is 17.6 Å². The topological polar surface area (TPSA) is 123 Å². The molecule has 12 heteroatoms. The molecule has 3 atom stereocenters. The van der Waals surface area contributed by atoms with Crippen molar-refractivity contribution in [2.45, 2.75) is 70.3 Å². The highest BCUT2D eigenvalue weighted by Gasteiger charge is 2.50. The number of nitrogens with one attached hydrogen (secondary N) is 1. The maximum absolute atomic E-state index is 15.0. The fourth-order valence-electron chi connectivity index (χ4n) is 7.35. The van der Waals surface area contributed by atoms with E-state index >= 15 is 0 Å². The van der Waals surface area contributed by atoms with Gasteiger partial charge in [-0.05, 0) is 78.0 Å². The highest BCUT2D eigenvalue weighted by Crippen LogP contribution is 2.46. The van der Waals surface area contributed by atoms with E-state index in [9.17, 15) is 23.1 Å². The molecule has 0 saturated carbocycles. The number of ether oxygens (including phenoxy) is 2. The summed E-state index contributed by atoms with van der Waals surface area (Å²) in [6.45, 7) is 5.73. The number of benzene rings is 3. The molecule has 2 aliphatic rings. The van der Waals surface area contributed by atoms with Gasteiger partial charge in [-0.15, -0.1) is 0 Å². The summed E-state index contributed by atoms with van der Waals surface area (Å²) in [6, 6.07) is 22.1. The number of anilines is 2. The lowest BCUT2D eigenvalue weighted by Crippen LogP contribution is -2.46. The van der Waals surface area contributed by atoms with Gasteiger partial charge in [-0.1, -0.05) is 68.4 Å². The normalized spacial score (nSPS) is 19.3. The first-order valence-corrected chi connectivity index (χ1v) is 17.0. The maximum atomic E-state index is 15.0. The van der Waals surface area contributed by atoms with Crippen molar-refractivity contribution in [3.8, 4) is 33.9 Å². The summed E-state index contributed by atoms with van der Waals surface area (Å²) in [5, 5.41) is 12.9. The number of hydrogen-bond donors (Lipinski definition) is 3. The Labute approximate surface area is 289 Å². The molecule has 264 valence electrons. The van der Waals surface area contributed by atoms with Crippen molar-refractivity contribution in [1.29, 1.82) is 0 Å². The van der Waals surface area contributed by atoms with E-state index < -0.39 is 24.3 Å². The van der Waals surface area contributed by atoms with E-state index in [1.54, 1.807) is 36.4 Å². The van der Waals surface area contributed by atoms with Gasteiger partial charge in [-0.3, -0.25) is 4.79 Å². The first kappa shape index (κ1) is 35.0. The summed E-state index contributed by atoms with van der Waals surface area (Å²) < 4.78 is 56.3. The molecule has 3 aromatic carbocycles. The molecule has 0 aliphatic carbocycles. The second-order valence-electron chi connectivity index (χ2n) is 13.1. The number of nitrogen functional groups attached to an aromatic ring is 1. The van der Waals surface area contributed by atoms with Gasteiger partial charge in [0.2, 0.25) is 17.9 Å². The number of carboxylic acids is 1. The Morgan fingerprint density at radius 2 is 1.70 bits per heavy atom. The first-order chi connectivity index (χ1) is 24.0. The largest absolute Gasteiger partial charge is 0.494 e. The van der Waals surface area contributed by atoms with Crippen LogP contribution in [0.1, 0.15) is 57.6 Å². The molecule has 0 radical (unpaired) electrons. The van der Waals surface area contributed by atoms with Gasteiger partial charge in [-0.25, -0.2) is 0 Å². The van der Waals surface area contributed by atoms with Crippen molar-refractivity contribution in [1.82, 2.24) is 15.3 Å². The molecule has 2 aliphatic heterocycles. The number of halogens is 3. The summed E-state index contributed by atoms with van der Waals surface area (Å²) in [7, 11) is 0. The molecular formula is C38H42F3N5O4. The minimum atomic E-state index is -4.80. The molecule has 50 heavy (non-hydrogen) atoms. The highest BCUT2D eigenvalue weighted by atomic mass is 19.4. The lowest BCUT2D eigenvalue weighted by atomic mass is 9.71. The Balaban J connectivity index is 1.29. The smallest absolute Gasteiger partial charge is 0.429 e. The zero-order valence-electron chi connectivity index (χ0n) is 28.1. The number of piperidine rings is 1. The van der Waals surface area contributed by atoms with Crippen molar-refractivity contribution < 1.29 is 32.5 Å². The number of carbonyl (C=O) groups is 1. The molecule has 6 rings (SSSR count). The van der Waals surface area contributed by atoms with Gasteiger partial charge in [0, 0.05) is 30.8 Å². The first-order valence-electron chi connectivity index (χ1n) is 17.0. The van der Waals surface area contributed by atoms with Crippen LogP contribution in [0.3, 0.4) is 0 Å². The number of aromatic nitrogens is 2. The Morgan fingerprint density at radius 1 is 1.00 bits per heavy atom. The molecule has 1 spiro atoms. The van der Waals surface area contributed by atoms with Crippen LogP contribution in [0.15, 0.2) is 78.9 Å². The summed E-state index contributed by atoms with van der Waals surface area (Å²) >= 11 is 0. The monoisotopic (exact) mass is 689 g/mol. The minimum absolute atomic E-state index is 0.0667. The van der Waals surface area contributed by atoms with E-state index in [4.69, 9.17) is 15.2 Å². The fraction of sp³-hybridized carbons (Fsp3) is 0.395. The molecule has 4 N–H and O–H groups in total. The van der Waals surface area contributed by atoms with Crippen LogP contribution in [0.25, 0.3) is 22.3 Å². The van der Waals surface area contributed by atoms with E-state index in [0.29, 0.717) is 55.9 Å². The van der Waals surface area contributed by atoms with E-state index in [-0.39, 0.29) is 28.8 Å². The van der Waals surface area contributed by atoms with Crippen LogP contribution in [0.5, 0.6) is 11.6 Å². The predicted octanol–water partition coefficient (Wildman–Crippen LogP) is 7.68. The molecule has 2 saturated heterocycles. The number of nitrogens with two attached hydrogens (primary N) is 1. The summed E-state index contributed by atoms with van der Waals surface area (Å²) in [5.74, 6) is -0.267. The number of nitrogens with zero attached hydrogens (tertiary/aromatic N) is 3. The highest BCUT2D eigenvalue weighted by molar-refractivity contribution is 5.76. The summed E-state index contributed by atoms with van der Waals surface area (Å²) in [5.41, 5.74) is 8.34. The van der Waals surface area contributed by atoms with E-state index in [1.807, 2.05) is 49.1 Å². The van der Waals surface area contributed by atoms with Crippen LogP contribution in [0.2, 0.25) is 0 Å². The number of alkyl halides is 3. The standard InChI is InChI=1S/C38H42F3N5O4/c1-3-20-49-27-13-10-24(11-14-27)26-12-15-28(29(21-26)25-8-6-5-7-9-25)34(38(39,40)41)50-33-22-32(44-36(42)45-33)46-18-16-37(17-19-46)23-30(35(47)48)43-31(37)4-2/h5-15,21-22,30-31,34,43H,3-4,16-20,23H2,1-2H3,(H,47,48)(H2,42,44,45)/t30?,31?,34-/m1/s1. The Morgan fingerprint density at radius 3 is 2.34 bits per heavy atom. The predicted molar refractivity (Wildman–Crippen MR) is 186 cm³/mol. The van der Waals surface area contributed by atoms with Gasteiger partial charge < -0.3 is 30.5 Å². The zero-order chi connectivity index (χ0) is 35.5. The van der Waals surface area contributed by atoms with E-state index in [0.717, 1.165) is 29.7 Å². The van der Waals surface area contributed by atoms with Gasteiger partial charge in [0.05, 0.1) is 6.61 Å². The number of aliphatic carboxylic acids is 1. The Kier molecular flexibility index (Phi) is 10.2. The van der Waals surface area contributed by atoms with Crippen LogP contribution < -0.4 is 25.4 Å². The second kappa shape index (κ2) is 14.6. The number of hydrogen-bond acceptors (Lipinski definition) is 8. The van der Waals surface area contributed by atoms with E-state index in [2.05, 4.69) is 15.3 Å². The van der Waals surface area contributed by atoms with Crippen LogP contribution in [0.4, 0.5) is 24.9 Å². The molecular weight excluding hydrogens is 647 g/mol. The summed E-state index contributed by atoms with van der Waals surface area (Å²) in [6.07, 6.45) is -3.54. The lowest BCUT2D eigenvalue weighted by molar-refractivity contribution is -0.198. The van der Waals surface area contributed by atoms with Crippen LogP contribution in [0, 0.1) is 5.41 Å². The van der Waals surface area contributed by atoms with Crippen LogP contribution >= 0.6 is 0 Å². The van der Waals surface area contributed by atoms with Crippen LogP contribution in [-0.4, -0.2) is 59.0 Å². The third kappa shape index (κ3) is 7.50. The van der Waals surface area contributed by atoms with Crippen molar-refractivity contribution in [3.05, 3.63) is 84.4 Å². The van der Waals surface area contributed by atoms with Crippen molar-refractivity contribution in [2.24, 2.45) is 5.41 Å². The van der Waals surface area contributed by atoms with Gasteiger partial charge in [-0.2, -0.15) is 23.1 Å². The third-order valence-corrected chi connectivity index (χ3v) is 9.87. The lowest BCUT2D eigenvalue weighted by Gasteiger charge is -2.43. The minimum Gasteiger partial charge on any atom is -0.494 e. The molecule has 1 aromatic heterocycles. The number of carboxylic acid groups (broad SMARTS) is 1. The molecule has 2 unspecified atom stereocenters. The van der Waals surface area contributed by atoms with Gasteiger partial charge in [0.15, 0.2) is 0 Å². The van der Waals surface area contributed by atoms with Crippen molar-refractivity contribution in [2.75, 3.05) is 30.3 Å². The molecule has 2 fully saturated rings. The second-order valence-corrected chi connectivity index (χ2v) is 13.1. The Bertz CT molecular complexity index is 1780. The average molecular weight is 690 g/mol. The van der Waals surface area contributed by atoms with E-state index in [1.165, 1.54) is 12.1 Å².